The van der Waals surface area contributed by atoms with E-state index in [-0.39, 0.29) is 24.4 Å². The molecule has 2 unspecified atom stereocenters. The van der Waals surface area contributed by atoms with Crippen molar-refractivity contribution in [3.05, 3.63) is 24.0 Å². The second-order valence-electron chi connectivity index (χ2n) is 9.10. The molecule has 1 aromatic rings. The van der Waals surface area contributed by atoms with Gasteiger partial charge in [-0.25, -0.2) is 0 Å². The summed E-state index contributed by atoms with van der Waals surface area (Å²) in [6.45, 7) is 17.3. The standard InChI is InChI=1S/C20H34BN3O2/c1-14-12-24(13-15(2)23(14)8)16(3)18-11-17(9-10-22-18)21-25-19(4,5)20(6,7)26-21/h9-11,14-16H,12-13H2,1-8H3/t14-,15?,16?/m1/s1. The molecule has 0 bridgehead atoms. The number of hydrogen-bond donors (Lipinski definition) is 0. The van der Waals surface area contributed by atoms with Gasteiger partial charge in [0.05, 0.1) is 16.9 Å². The average molecular weight is 359 g/mol. The van der Waals surface area contributed by atoms with Crippen LogP contribution in [0.1, 0.15) is 60.2 Å². The summed E-state index contributed by atoms with van der Waals surface area (Å²) in [6.07, 6.45) is 1.88. The molecule has 144 valence electrons. The number of pyridine rings is 1. The van der Waals surface area contributed by atoms with Crippen LogP contribution in [0.25, 0.3) is 0 Å². The maximum absolute atomic E-state index is 6.21. The first-order chi connectivity index (χ1) is 12.0. The van der Waals surface area contributed by atoms with E-state index in [9.17, 15) is 0 Å². The van der Waals surface area contributed by atoms with E-state index in [1.54, 1.807) is 0 Å². The number of hydrogen-bond acceptors (Lipinski definition) is 5. The maximum atomic E-state index is 6.21. The zero-order valence-corrected chi connectivity index (χ0v) is 17.6. The first-order valence-corrected chi connectivity index (χ1v) is 9.79. The maximum Gasteiger partial charge on any atom is 0.494 e. The van der Waals surface area contributed by atoms with Crippen molar-refractivity contribution < 1.29 is 9.31 Å². The molecule has 3 rings (SSSR count). The van der Waals surface area contributed by atoms with Crippen LogP contribution in [-0.2, 0) is 9.31 Å². The van der Waals surface area contributed by atoms with Crippen molar-refractivity contribution in [1.29, 1.82) is 0 Å². The minimum atomic E-state index is -0.334. The van der Waals surface area contributed by atoms with Crippen molar-refractivity contribution in [3.8, 4) is 0 Å². The van der Waals surface area contributed by atoms with Crippen molar-refractivity contribution in [2.24, 2.45) is 0 Å². The van der Waals surface area contributed by atoms with E-state index in [2.05, 4.69) is 76.4 Å². The zero-order chi connectivity index (χ0) is 19.3. The van der Waals surface area contributed by atoms with E-state index in [1.165, 1.54) is 0 Å². The van der Waals surface area contributed by atoms with Crippen LogP contribution in [0.2, 0.25) is 0 Å². The van der Waals surface area contributed by atoms with Gasteiger partial charge in [0, 0.05) is 37.4 Å². The molecule has 2 aliphatic rings. The fourth-order valence-corrected chi connectivity index (χ4v) is 3.77. The fourth-order valence-electron chi connectivity index (χ4n) is 3.77. The molecule has 2 fully saturated rings. The van der Waals surface area contributed by atoms with E-state index in [1.807, 2.05) is 12.3 Å². The first-order valence-electron chi connectivity index (χ1n) is 9.79. The topological polar surface area (TPSA) is 37.8 Å². The van der Waals surface area contributed by atoms with E-state index in [4.69, 9.17) is 9.31 Å². The molecule has 1 aromatic heterocycles. The fraction of sp³-hybridized carbons (Fsp3) is 0.750. The molecule has 5 nitrogen and oxygen atoms in total. The normalized spacial score (nSPS) is 30.5. The molecular weight excluding hydrogens is 325 g/mol. The van der Waals surface area contributed by atoms with Crippen molar-refractivity contribution in [2.45, 2.75) is 77.8 Å². The third-order valence-corrected chi connectivity index (χ3v) is 6.69. The molecule has 2 aliphatic heterocycles. The van der Waals surface area contributed by atoms with Gasteiger partial charge in [0.15, 0.2) is 0 Å². The van der Waals surface area contributed by atoms with Gasteiger partial charge < -0.3 is 9.31 Å². The van der Waals surface area contributed by atoms with Gasteiger partial charge in [-0.3, -0.25) is 14.8 Å². The van der Waals surface area contributed by atoms with Crippen LogP contribution in [0.15, 0.2) is 18.3 Å². The van der Waals surface area contributed by atoms with Gasteiger partial charge in [0.25, 0.3) is 0 Å². The molecule has 26 heavy (non-hydrogen) atoms. The highest BCUT2D eigenvalue weighted by molar-refractivity contribution is 6.62. The zero-order valence-electron chi connectivity index (χ0n) is 17.6. The lowest BCUT2D eigenvalue weighted by Gasteiger charge is -2.44. The van der Waals surface area contributed by atoms with Gasteiger partial charge in [-0.1, -0.05) is 0 Å². The summed E-state index contributed by atoms with van der Waals surface area (Å²) in [4.78, 5) is 9.65. The van der Waals surface area contributed by atoms with Crippen LogP contribution in [0, 0.1) is 0 Å². The number of likely N-dealkylation sites (N-methyl/N-ethyl adjacent to an activating group) is 1. The Kier molecular flexibility index (Phi) is 5.25. The summed E-state index contributed by atoms with van der Waals surface area (Å²) < 4.78 is 12.4. The number of piperazine rings is 1. The highest BCUT2D eigenvalue weighted by atomic mass is 16.7. The minimum Gasteiger partial charge on any atom is -0.399 e. The van der Waals surface area contributed by atoms with Crippen LogP contribution in [-0.4, -0.2) is 65.3 Å². The third kappa shape index (κ3) is 3.57. The van der Waals surface area contributed by atoms with Gasteiger partial charge in [0.1, 0.15) is 0 Å². The smallest absolute Gasteiger partial charge is 0.399 e. The van der Waals surface area contributed by atoms with Gasteiger partial charge in [0.2, 0.25) is 0 Å². The number of aromatic nitrogens is 1. The lowest BCUT2D eigenvalue weighted by atomic mass is 9.79. The Hall–Kier alpha value is -0.945. The quantitative estimate of drug-likeness (QED) is 0.776. The highest BCUT2D eigenvalue weighted by Gasteiger charge is 2.51. The van der Waals surface area contributed by atoms with Crippen molar-refractivity contribution >= 4 is 12.6 Å². The molecule has 0 amide bonds. The predicted molar refractivity (Wildman–Crippen MR) is 107 cm³/mol. The number of rotatable bonds is 3. The largest absolute Gasteiger partial charge is 0.494 e. The predicted octanol–water partition coefficient (Wildman–Crippen LogP) is 2.47. The van der Waals surface area contributed by atoms with E-state index < -0.39 is 0 Å². The second kappa shape index (κ2) is 6.90. The lowest BCUT2D eigenvalue weighted by Crippen LogP contribution is -2.55. The lowest BCUT2D eigenvalue weighted by molar-refractivity contribution is 0.00578. The minimum absolute atomic E-state index is 0.274. The van der Waals surface area contributed by atoms with Crippen LogP contribution in [0.3, 0.4) is 0 Å². The monoisotopic (exact) mass is 359 g/mol. The summed E-state index contributed by atoms with van der Waals surface area (Å²) in [5.41, 5.74) is 1.49. The van der Waals surface area contributed by atoms with Crippen molar-refractivity contribution in [3.63, 3.8) is 0 Å². The van der Waals surface area contributed by atoms with Gasteiger partial charge in [-0.2, -0.15) is 0 Å². The summed E-state index contributed by atoms with van der Waals surface area (Å²) in [5, 5.41) is 0. The number of nitrogens with zero attached hydrogens (tertiary/aromatic N) is 3. The Morgan fingerprint density at radius 2 is 1.65 bits per heavy atom. The second-order valence-corrected chi connectivity index (χ2v) is 9.10. The SMILES string of the molecule is CC(c1cc(B2OC(C)(C)C(C)(C)O2)ccn1)N1CC(C)N(C)[C@H](C)C1. The third-order valence-electron chi connectivity index (χ3n) is 6.69. The summed E-state index contributed by atoms with van der Waals surface area (Å²) >= 11 is 0. The molecule has 0 saturated carbocycles. The molecular formula is C20H34BN3O2. The average Bonchev–Trinajstić information content (AvgIpc) is 2.79. The van der Waals surface area contributed by atoms with Crippen molar-refractivity contribution in [2.75, 3.05) is 20.1 Å². The van der Waals surface area contributed by atoms with E-state index in [0.717, 1.165) is 24.2 Å². The molecule has 3 atom stereocenters. The van der Waals surface area contributed by atoms with Crippen LogP contribution in [0.5, 0.6) is 0 Å². The Labute approximate surface area is 159 Å². The first kappa shape index (κ1) is 19.8. The van der Waals surface area contributed by atoms with Crippen molar-refractivity contribution in [1.82, 2.24) is 14.8 Å². The molecule has 0 aromatic carbocycles. The Morgan fingerprint density at radius 3 is 2.19 bits per heavy atom. The van der Waals surface area contributed by atoms with Crippen LogP contribution < -0.4 is 5.46 Å². The van der Waals surface area contributed by atoms with Gasteiger partial charge in [-0.15, -0.1) is 0 Å². The van der Waals surface area contributed by atoms with E-state index in [0.29, 0.717) is 12.1 Å². The molecule has 2 saturated heterocycles. The molecule has 0 radical (unpaired) electrons. The highest BCUT2D eigenvalue weighted by Crippen LogP contribution is 2.36. The molecule has 0 aliphatic carbocycles. The van der Waals surface area contributed by atoms with Gasteiger partial charge in [-0.05, 0) is 73.1 Å². The van der Waals surface area contributed by atoms with Gasteiger partial charge >= 0.3 is 7.12 Å². The summed E-state index contributed by atoms with van der Waals surface area (Å²) in [7, 11) is 1.88. The molecule has 3 heterocycles. The summed E-state index contributed by atoms with van der Waals surface area (Å²) in [6, 6.07) is 5.53. The Balaban J connectivity index is 1.78. The Morgan fingerprint density at radius 1 is 1.12 bits per heavy atom. The molecule has 0 N–H and O–H groups in total. The van der Waals surface area contributed by atoms with Crippen LogP contribution in [0.4, 0.5) is 0 Å². The van der Waals surface area contributed by atoms with E-state index >= 15 is 0 Å². The molecule has 6 heteroatoms. The van der Waals surface area contributed by atoms with Crippen LogP contribution >= 0.6 is 0 Å². The Bertz CT molecular complexity index is 624. The molecule has 0 spiro atoms. The summed E-state index contributed by atoms with van der Waals surface area (Å²) in [5.74, 6) is 0.